The number of hydrogen-bond donors (Lipinski definition) is 2. The monoisotopic (exact) mass is 302 g/mol. The Morgan fingerprint density at radius 3 is 2.41 bits per heavy atom. The van der Waals surface area contributed by atoms with E-state index in [4.69, 9.17) is 4.84 Å². The predicted octanol–water partition coefficient (Wildman–Crippen LogP) is 1.88. The quantitative estimate of drug-likeness (QED) is 0.626. The van der Waals surface area contributed by atoms with E-state index in [1.54, 1.807) is 30.3 Å². The summed E-state index contributed by atoms with van der Waals surface area (Å²) in [5.41, 5.74) is 3.23. The maximum atomic E-state index is 11.7. The van der Waals surface area contributed by atoms with Crippen molar-refractivity contribution in [2.24, 2.45) is 0 Å². The number of carbonyl (C=O) groups is 1. The first kappa shape index (κ1) is 15.6. The summed E-state index contributed by atoms with van der Waals surface area (Å²) in [5, 5.41) is 20.3. The first-order valence-electron chi connectivity index (χ1n) is 6.46. The van der Waals surface area contributed by atoms with Gasteiger partial charge in [0.25, 0.3) is 11.6 Å². The molecule has 2 N–H and O–H groups in total. The second kappa shape index (κ2) is 7.30. The molecule has 1 atom stereocenters. The van der Waals surface area contributed by atoms with Gasteiger partial charge in [0.15, 0.2) is 6.10 Å². The second-order valence-corrected chi connectivity index (χ2v) is 4.49. The predicted molar refractivity (Wildman–Crippen MR) is 77.4 cm³/mol. The molecule has 0 aliphatic rings. The lowest BCUT2D eigenvalue weighted by atomic mass is 10.1. The highest BCUT2D eigenvalue weighted by Gasteiger charge is 2.16. The zero-order valence-electron chi connectivity index (χ0n) is 11.5. The van der Waals surface area contributed by atoms with E-state index in [2.05, 4.69) is 5.48 Å². The average molecular weight is 302 g/mol. The van der Waals surface area contributed by atoms with Crippen LogP contribution in [0.5, 0.6) is 0 Å². The van der Waals surface area contributed by atoms with Gasteiger partial charge in [-0.3, -0.25) is 19.7 Å². The van der Waals surface area contributed by atoms with Crippen LogP contribution in [0, 0.1) is 10.1 Å². The number of aliphatic hydroxyl groups excluding tert-OH is 1. The van der Waals surface area contributed by atoms with Crippen LogP contribution in [0.4, 0.5) is 5.69 Å². The topological polar surface area (TPSA) is 102 Å². The molecule has 0 saturated carbocycles. The summed E-state index contributed by atoms with van der Waals surface area (Å²) in [7, 11) is 0. The molecular formula is C15H14N2O5. The SMILES string of the molecule is O=C(NOCc1ccc([N+](=O)[O-])cc1)[C@H](O)c1ccccc1. The van der Waals surface area contributed by atoms with Crippen LogP contribution >= 0.6 is 0 Å². The number of nitrogens with one attached hydrogen (secondary N) is 1. The Morgan fingerprint density at radius 2 is 1.82 bits per heavy atom. The van der Waals surface area contributed by atoms with Gasteiger partial charge in [-0.25, -0.2) is 5.48 Å². The van der Waals surface area contributed by atoms with Crippen molar-refractivity contribution in [2.45, 2.75) is 12.7 Å². The van der Waals surface area contributed by atoms with Crippen molar-refractivity contribution in [1.29, 1.82) is 0 Å². The molecule has 22 heavy (non-hydrogen) atoms. The van der Waals surface area contributed by atoms with Crippen LogP contribution in [0.25, 0.3) is 0 Å². The van der Waals surface area contributed by atoms with Gasteiger partial charge in [-0.2, -0.15) is 0 Å². The van der Waals surface area contributed by atoms with Crippen LogP contribution in [-0.4, -0.2) is 15.9 Å². The smallest absolute Gasteiger partial charge is 0.276 e. The number of non-ortho nitro benzene ring substituents is 1. The minimum Gasteiger partial charge on any atom is -0.378 e. The third-order valence-electron chi connectivity index (χ3n) is 2.92. The molecule has 0 heterocycles. The Kier molecular flexibility index (Phi) is 5.18. The standard InChI is InChI=1S/C15H14N2O5/c18-14(12-4-2-1-3-5-12)15(19)16-22-10-11-6-8-13(9-7-11)17(20)21/h1-9,14,18H,10H2,(H,16,19)/t14-/m1/s1. The minimum absolute atomic E-state index is 0.0210. The molecule has 114 valence electrons. The molecule has 0 bridgehead atoms. The normalized spacial score (nSPS) is 11.7. The Morgan fingerprint density at radius 1 is 1.18 bits per heavy atom. The van der Waals surface area contributed by atoms with Gasteiger partial charge in [0.2, 0.25) is 0 Å². The van der Waals surface area contributed by atoms with E-state index in [1.807, 2.05) is 0 Å². The fourth-order valence-corrected chi connectivity index (χ4v) is 1.75. The van der Waals surface area contributed by atoms with Crippen molar-refractivity contribution in [3.05, 3.63) is 75.8 Å². The van der Waals surface area contributed by atoms with Gasteiger partial charge >= 0.3 is 0 Å². The van der Waals surface area contributed by atoms with Crippen LogP contribution < -0.4 is 5.48 Å². The van der Waals surface area contributed by atoms with Crippen molar-refractivity contribution < 1.29 is 19.7 Å². The lowest BCUT2D eigenvalue weighted by molar-refractivity contribution is -0.384. The van der Waals surface area contributed by atoms with E-state index in [0.29, 0.717) is 11.1 Å². The highest BCUT2D eigenvalue weighted by molar-refractivity contribution is 5.80. The molecule has 0 unspecified atom stereocenters. The van der Waals surface area contributed by atoms with Gasteiger partial charge < -0.3 is 5.11 Å². The van der Waals surface area contributed by atoms with E-state index in [9.17, 15) is 20.0 Å². The summed E-state index contributed by atoms with van der Waals surface area (Å²) in [6.45, 7) is 0.0330. The number of hydrogen-bond acceptors (Lipinski definition) is 5. The van der Waals surface area contributed by atoms with Crippen LogP contribution in [0.15, 0.2) is 54.6 Å². The molecule has 2 aromatic carbocycles. The van der Waals surface area contributed by atoms with E-state index in [0.717, 1.165) is 0 Å². The molecule has 2 aromatic rings. The van der Waals surface area contributed by atoms with E-state index in [-0.39, 0.29) is 12.3 Å². The molecule has 2 rings (SSSR count). The van der Waals surface area contributed by atoms with Crippen LogP contribution in [0.1, 0.15) is 17.2 Å². The van der Waals surface area contributed by atoms with Crippen molar-refractivity contribution in [2.75, 3.05) is 0 Å². The first-order chi connectivity index (χ1) is 10.6. The molecule has 0 saturated heterocycles. The van der Waals surface area contributed by atoms with Gasteiger partial charge in [-0.15, -0.1) is 0 Å². The summed E-state index contributed by atoms with van der Waals surface area (Å²) >= 11 is 0. The van der Waals surface area contributed by atoms with Gasteiger partial charge in [0.05, 0.1) is 11.5 Å². The van der Waals surface area contributed by atoms with Gasteiger partial charge in [-0.05, 0) is 23.3 Å². The van der Waals surface area contributed by atoms with Crippen LogP contribution in [0.2, 0.25) is 0 Å². The zero-order valence-corrected chi connectivity index (χ0v) is 11.5. The maximum Gasteiger partial charge on any atom is 0.276 e. The summed E-state index contributed by atoms with van der Waals surface area (Å²) in [6, 6.07) is 14.2. The second-order valence-electron chi connectivity index (χ2n) is 4.49. The number of nitro groups is 1. The number of carbonyl (C=O) groups excluding carboxylic acids is 1. The van der Waals surface area contributed by atoms with E-state index in [1.165, 1.54) is 24.3 Å². The molecule has 0 aromatic heterocycles. The molecule has 7 heteroatoms. The number of amides is 1. The average Bonchev–Trinajstić information content (AvgIpc) is 2.55. The number of benzene rings is 2. The maximum absolute atomic E-state index is 11.7. The minimum atomic E-state index is -1.32. The fraction of sp³-hybridized carbons (Fsp3) is 0.133. The molecule has 0 aliphatic carbocycles. The Hall–Kier alpha value is -2.77. The van der Waals surface area contributed by atoms with Crippen LogP contribution in [0.3, 0.4) is 0 Å². The van der Waals surface area contributed by atoms with Gasteiger partial charge in [0, 0.05) is 12.1 Å². The Labute approximate surface area is 126 Å². The lowest BCUT2D eigenvalue weighted by Gasteiger charge is -2.11. The van der Waals surface area contributed by atoms with Gasteiger partial charge in [0.1, 0.15) is 0 Å². The van der Waals surface area contributed by atoms with E-state index >= 15 is 0 Å². The van der Waals surface area contributed by atoms with Gasteiger partial charge in [-0.1, -0.05) is 30.3 Å². The van der Waals surface area contributed by atoms with Crippen LogP contribution in [-0.2, 0) is 16.2 Å². The number of rotatable bonds is 6. The molecule has 0 radical (unpaired) electrons. The molecule has 0 fully saturated rings. The number of aliphatic hydroxyl groups is 1. The third-order valence-corrected chi connectivity index (χ3v) is 2.92. The molecule has 1 amide bonds. The molecule has 7 nitrogen and oxygen atoms in total. The lowest BCUT2D eigenvalue weighted by Crippen LogP contribution is -2.29. The molecular weight excluding hydrogens is 288 g/mol. The van der Waals surface area contributed by atoms with Crippen molar-refractivity contribution >= 4 is 11.6 Å². The Balaban J connectivity index is 1.83. The highest BCUT2D eigenvalue weighted by Crippen LogP contribution is 2.13. The van der Waals surface area contributed by atoms with Crippen molar-refractivity contribution in [1.82, 2.24) is 5.48 Å². The fourth-order valence-electron chi connectivity index (χ4n) is 1.75. The van der Waals surface area contributed by atoms with E-state index < -0.39 is 16.9 Å². The summed E-state index contributed by atoms with van der Waals surface area (Å²) in [6.07, 6.45) is -1.32. The zero-order chi connectivity index (χ0) is 15.9. The summed E-state index contributed by atoms with van der Waals surface area (Å²) in [4.78, 5) is 26.7. The molecule has 0 aliphatic heterocycles. The Bertz CT molecular complexity index is 643. The van der Waals surface area contributed by atoms with Crippen molar-refractivity contribution in [3.63, 3.8) is 0 Å². The number of nitrogens with zero attached hydrogens (tertiary/aromatic N) is 1. The third kappa shape index (κ3) is 4.11. The molecule has 0 spiro atoms. The largest absolute Gasteiger partial charge is 0.378 e. The summed E-state index contributed by atoms with van der Waals surface area (Å²) in [5.74, 6) is -0.687. The van der Waals surface area contributed by atoms with Crippen molar-refractivity contribution in [3.8, 4) is 0 Å². The highest BCUT2D eigenvalue weighted by atomic mass is 16.7. The summed E-state index contributed by atoms with van der Waals surface area (Å²) < 4.78 is 0. The number of nitro benzene ring substituents is 1. The number of hydroxylamine groups is 1. The first-order valence-corrected chi connectivity index (χ1v) is 6.46.